The number of aromatic amines is 1. The molecule has 0 amide bonds. The second kappa shape index (κ2) is 7.75. The van der Waals surface area contributed by atoms with Gasteiger partial charge in [-0.1, -0.05) is 65.9 Å². The van der Waals surface area contributed by atoms with Gasteiger partial charge in [-0.2, -0.15) is 0 Å². The van der Waals surface area contributed by atoms with Gasteiger partial charge < -0.3 is 4.98 Å². The van der Waals surface area contributed by atoms with E-state index in [1.54, 1.807) is 16.3 Å². The van der Waals surface area contributed by atoms with Crippen molar-refractivity contribution < 1.29 is 0 Å². The van der Waals surface area contributed by atoms with Crippen molar-refractivity contribution in [1.29, 1.82) is 0 Å². The van der Waals surface area contributed by atoms with Crippen LogP contribution < -0.4 is 5.56 Å². The SMILES string of the molecule is Cc1ccc(CSc2nc3c([nH]c4ccccc43)c(=O)n2-c2cc(C)cc(C)c2)cc1. The maximum Gasteiger partial charge on any atom is 0.283 e. The average Bonchev–Trinajstić information content (AvgIpc) is 3.12. The molecule has 2 aromatic heterocycles. The smallest absolute Gasteiger partial charge is 0.283 e. The number of thioether (sulfide) groups is 1. The van der Waals surface area contributed by atoms with Crippen molar-refractivity contribution in [2.75, 3.05) is 0 Å². The van der Waals surface area contributed by atoms with E-state index in [-0.39, 0.29) is 5.56 Å². The largest absolute Gasteiger partial charge is 0.349 e. The molecular weight excluding hydrogens is 402 g/mol. The molecule has 5 aromatic rings. The highest BCUT2D eigenvalue weighted by atomic mass is 32.2. The number of hydrogen-bond acceptors (Lipinski definition) is 3. The molecule has 0 fully saturated rings. The fraction of sp³-hybridized carbons (Fsp3) is 0.154. The van der Waals surface area contributed by atoms with Gasteiger partial charge in [0.15, 0.2) is 5.16 Å². The van der Waals surface area contributed by atoms with Gasteiger partial charge in [0.05, 0.1) is 5.69 Å². The van der Waals surface area contributed by atoms with Gasteiger partial charge in [-0.05, 0) is 55.7 Å². The lowest BCUT2D eigenvalue weighted by atomic mass is 10.1. The summed E-state index contributed by atoms with van der Waals surface area (Å²) in [5, 5.41) is 1.67. The van der Waals surface area contributed by atoms with Crippen molar-refractivity contribution in [3.8, 4) is 5.69 Å². The van der Waals surface area contributed by atoms with Crippen molar-refractivity contribution in [3.63, 3.8) is 0 Å². The van der Waals surface area contributed by atoms with Gasteiger partial charge in [0.25, 0.3) is 5.56 Å². The van der Waals surface area contributed by atoms with Gasteiger partial charge in [0.2, 0.25) is 0 Å². The molecule has 0 aliphatic heterocycles. The second-order valence-corrected chi connectivity index (χ2v) is 8.99. The standard InChI is InChI=1S/C26H23N3OS/c1-16-8-10-19(11-9-16)15-31-26-28-23-21-6-4-5-7-22(21)27-24(23)25(30)29(26)20-13-17(2)12-18(3)14-20/h4-14,27H,15H2,1-3H3. The summed E-state index contributed by atoms with van der Waals surface area (Å²) in [6.07, 6.45) is 0. The zero-order chi connectivity index (χ0) is 21.5. The molecule has 0 aliphatic carbocycles. The molecule has 5 heteroatoms. The molecule has 0 unspecified atom stereocenters. The van der Waals surface area contributed by atoms with Crippen LogP contribution in [-0.2, 0) is 5.75 Å². The van der Waals surface area contributed by atoms with E-state index in [1.165, 1.54) is 11.1 Å². The third-order valence-electron chi connectivity index (χ3n) is 5.45. The third kappa shape index (κ3) is 3.66. The molecule has 31 heavy (non-hydrogen) atoms. The van der Waals surface area contributed by atoms with Crippen molar-refractivity contribution in [2.24, 2.45) is 0 Å². The van der Waals surface area contributed by atoms with Crippen molar-refractivity contribution in [3.05, 3.63) is 99.3 Å². The van der Waals surface area contributed by atoms with Crippen LogP contribution in [0.1, 0.15) is 22.3 Å². The molecule has 0 radical (unpaired) electrons. The minimum atomic E-state index is -0.0717. The Morgan fingerprint density at radius 2 is 1.61 bits per heavy atom. The van der Waals surface area contributed by atoms with E-state index in [2.05, 4.69) is 56.1 Å². The first-order valence-corrected chi connectivity index (χ1v) is 11.3. The number of aromatic nitrogens is 3. The summed E-state index contributed by atoms with van der Waals surface area (Å²) in [7, 11) is 0. The molecule has 0 bridgehead atoms. The van der Waals surface area contributed by atoms with Crippen molar-refractivity contribution in [1.82, 2.24) is 14.5 Å². The van der Waals surface area contributed by atoms with Crippen LogP contribution >= 0.6 is 11.8 Å². The number of hydrogen-bond donors (Lipinski definition) is 1. The predicted molar refractivity (Wildman–Crippen MR) is 129 cm³/mol. The van der Waals surface area contributed by atoms with Gasteiger partial charge in [0.1, 0.15) is 11.0 Å². The Hall–Kier alpha value is -3.31. The molecule has 0 aliphatic rings. The first-order chi connectivity index (χ1) is 15.0. The van der Waals surface area contributed by atoms with Crippen molar-refractivity contribution >= 4 is 33.7 Å². The molecule has 2 heterocycles. The zero-order valence-electron chi connectivity index (χ0n) is 17.8. The minimum absolute atomic E-state index is 0.0717. The molecule has 154 valence electrons. The van der Waals surface area contributed by atoms with Crippen LogP contribution in [0.3, 0.4) is 0 Å². The summed E-state index contributed by atoms with van der Waals surface area (Å²) in [6, 6.07) is 22.6. The normalized spacial score (nSPS) is 11.5. The van der Waals surface area contributed by atoms with Crippen LogP contribution in [0, 0.1) is 20.8 Å². The number of nitrogens with zero attached hydrogens (tertiary/aromatic N) is 2. The number of aryl methyl sites for hydroxylation is 3. The van der Waals surface area contributed by atoms with Gasteiger partial charge in [-0.15, -0.1) is 0 Å². The first-order valence-electron chi connectivity index (χ1n) is 10.3. The summed E-state index contributed by atoms with van der Waals surface area (Å²) in [4.78, 5) is 22.0. The van der Waals surface area contributed by atoms with Crippen LogP contribution in [-0.4, -0.2) is 14.5 Å². The second-order valence-electron chi connectivity index (χ2n) is 8.05. The van der Waals surface area contributed by atoms with E-state index >= 15 is 0 Å². The highest BCUT2D eigenvalue weighted by molar-refractivity contribution is 7.98. The molecule has 0 atom stereocenters. The number of nitrogens with one attached hydrogen (secondary N) is 1. The number of H-pyrrole nitrogens is 1. The minimum Gasteiger partial charge on any atom is -0.349 e. The van der Waals surface area contributed by atoms with E-state index in [4.69, 9.17) is 4.98 Å². The lowest BCUT2D eigenvalue weighted by Crippen LogP contribution is -2.22. The Morgan fingerprint density at radius 3 is 2.35 bits per heavy atom. The quantitative estimate of drug-likeness (QED) is 0.280. The Kier molecular flexibility index (Phi) is 4.91. The summed E-state index contributed by atoms with van der Waals surface area (Å²) >= 11 is 1.59. The van der Waals surface area contributed by atoms with E-state index in [9.17, 15) is 4.79 Å². The molecular formula is C26H23N3OS. The topological polar surface area (TPSA) is 50.7 Å². The monoisotopic (exact) mass is 425 g/mol. The fourth-order valence-corrected chi connectivity index (χ4v) is 4.94. The Labute approximate surface area is 185 Å². The Balaban J connectivity index is 1.72. The molecule has 0 spiro atoms. The van der Waals surface area contributed by atoms with Gasteiger partial charge in [-0.3, -0.25) is 9.36 Å². The van der Waals surface area contributed by atoms with E-state index in [0.29, 0.717) is 10.7 Å². The number of benzene rings is 3. The van der Waals surface area contributed by atoms with Crippen molar-refractivity contribution in [2.45, 2.75) is 31.7 Å². The molecule has 0 saturated heterocycles. The highest BCUT2D eigenvalue weighted by Crippen LogP contribution is 2.28. The number of fused-ring (bicyclic) bond motifs is 3. The maximum absolute atomic E-state index is 13.7. The Morgan fingerprint density at radius 1 is 0.903 bits per heavy atom. The van der Waals surface area contributed by atoms with Crippen LogP contribution in [0.5, 0.6) is 0 Å². The molecule has 3 aromatic carbocycles. The molecule has 0 saturated carbocycles. The maximum atomic E-state index is 13.7. The average molecular weight is 426 g/mol. The van der Waals surface area contributed by atoms with Crippen LogP contribution in [0.25, 0.3) is 27.6 Å². The number of para-hydroxylation sites is 1. The fourth-order valence-electron chi connectivity index (χ4n) is 3.98. The van der Waals surface area contributed by atoms with E-state index in [1.807, 2.05) is 36.4 Å². The lowest BCUT2D eigenvalue weighted by molar-refractivity contribution is 0.817. The molecule has 1 N–H and O–H groups in total. The third-order valence-corrected chi connectivity index (χ3v) is 6.46. The van der Waals surface area contributed by atoms with Crippen LogP contribution in [0.2, 0.25) is 0 Å². The van der Waals surface area contributed by atoms with Gasteiger partial charge in [-0.25, -0.2) is 4.98 Å². The summed E-state index contributed by atoms with van der Waals surface area (Å²) < 4.78 is 1.75. The zero-order valence-corrected chi connectivity index (χ0v) is 18.6. The van der Waals surface area contributed by atoms with E-state index in [0.717, 1.165) is 39.0 Å². The van der Waals surface area contributed by atoms with Gasteiger partial charge >= 0.3 is 0 Å². The van der Waals surface area contributed by atoms with E-state index < -0.39 is 0 Å². The number of rotatable bonds is 4. The predicted octanol–water partition coefficient (Wildman–Crippen LogP) is 6.08. The lowest BCUT2D eigenvalue weighted by Gasteiger charge is -2.14. The molecule has 5 rings (SSSR count). The highest BCUT2D eigenvalue weighted by Gasteiger charge is 2.17. The van der Waals surface area contributed by atoms with Gasteiger partial charge in [0, 0.05) is 16.7 Å². The summed E-state index contributed by atoms with van der Waals surface area (Å²) in [6.45, 7) is 6.19. The first kappa shape index (κ1) is 19.6. The van der Waals surface area contributed by atoms with Crippen LogP contribution in [0.15, 0.2) is 76.7 Å². The van der Waals surface area contributed by atoms with Crippen LogP contribution in [0.4, 0.5) is 0 Å². The molecule has 4 nitrogen and oxygen atoms in total. The summed E-state index contributed by atoms with van der Waals surface area (Å²) in [5.41, 5.74) is 7.65. The Bertz CT molecular complexity index is 1460. The summed E-state index contributed by atoms with van der Waals surface area (Å²) in [5.74, 6) is 0.741.